The molecule has 0 spiro atoms. The lowest BCUT2D eigenvalue weighted by atomic mass is 10.3. The highest BCUT2D eigenvalue weighted by Crippen LogP contribution is 2.20. The lowest BCUT2D eigenvalue weighted by molar-refractivity contribution is 0.102. The van der Waals surface area contributed by atoms with Gasteiger partial charge in [-0.15, -0.1) is 5.10 Å². The van der Waals surface area contributed by atoms with Crippen LogP contribution in [0, 0.1) is 5.82 Å². The van der Waals surface area contributed by atoms with Crippen LogP contribution in [0.4, 0.5) is 20.3 Å². The van der Waals surface area contributed by atoms with Crippen LogP contribution in [0.3, 0.4) is 0 Å². The third kappa shape index (κ3) is 3.00. The number of nitrogens with zero attached hydrogens (tertiary/aromatic N) is 5. The van der Waals surface area contributed by atoms with Gasteiger partial charge in [0.1, 0.15) is 17.8 Å². The molecule has 1 amide bonds. The first-order chi connectivity index (χ1) is 12.1. The normalized spacial score (nSPS) is 17.2. The van der Waals surface area contributed by atoms with E-state index in [0.29, 0.717) is 24.4 Å². The van der Waals surface area contributed by atoms with Crippen LogP contribution in [-0.4, -0.2) is 44.8 Å². The smallest absolute Gasteiger partial charge is 0.276 e. The van der Waals surface area contributed by atoms with Crippen LogP contribution >= 0.6 is 0 Å². The molecule has 0 radical (unpaired) electrons. The van der Waals surface area contributed by atoms with Crippen molar-refractivity contribution in [2.45, 2.75) is 12.6 Å². The Balaban J connectivity index is 1.64. The monoisotopic (exact) mass is 344 g/mol. The van der Waals surface area contributed by atoms with Crippen molar-refractivity contribution >= 4 is 23.1 Å². The molecule has 1 aliphatic rings. The maximum Gasteiger partial charge on any atom is 0.276 e. The van der Waals surface area contributed by atoms with Gasteiger partial charge >= 0.3 is 0 Å². The van der Waals surface area contributed by atoms with Crippen molar-refractivity contribution < 1.29 is 13.6 Å². The van der Waals surface area contributed by atoms with Crippen molar-refractivity contribution in [3.05, 3.63) is 48.3 Å². The van der Waals surface area contributed by atoms with Gasteiger partial charge in [0.05, 0.1) is 30.8 Å². The molecule has 1 atom stereocenters. The Labute approximate surface area is 141 Å². The molecule has 9 heteroatoms. The van der Waals surface area contributed by atoms with Gasteiger partial charge in [0, 0.05) is 12.6 Å². The zero-order valence-electron chi connectivity index (χ0n) is 13.1. The Bertz CT molecular complexity index is 943. The summed E-state index contributed by atoms with van der Waals surface area (Å²) in [6.07, 6.45) is 3.36. The van der Waals surface area contributed by atoms with Crippen molar-refractivity contribution in [1.82, 2.24) is 19.6 Å². The Morgan fingerprint density at radius 3 is 2.92 bits per heavy atom. The van der Waals surface area contributed by atoms with Crippen molar-refractivity contribution in [3.63, 3.8) is 0 Å². The second-order valence-electron chi connectivity index (χ2n) is 5.78. The number of fused-ring (bicyclic) bond motifs is 1. The van der Waals surface area contributed by atoms with E-state index in [2.05, 4.69) is 20.4 Å². The number of pyridine rings is 1. The summed E-state index contributed by atoms with van der Waals surface area (Å²) in [5.74, 6) is -0.465. The number of carbonyl (C=O) groups is 1. The Kier molecular flexibility index (Phi) is 3.75. The van der Waals surface area contributed by atoms with Gasteiger partial charge in [-0.2, -0.15) is 0 Å². The number of amides is 1. The summed E-state index contributed by atoms with van der Waals surface area (Å²) in [7, 11) is 0. The van der Waals surface area contributed by atoms with Gasteiger partial charge in [-0.3, -0.25) is 9.78 Å². The molecule has 128 valence electrons. The summed E-state index contributed by atoms with van der Waals surface area (Å²) in [6.45, 7) is 0.856. The van der Waals surface area contributed by atoms with Crippen molar-refractivity contribution in [3.8, 4) is 0 Å². The molecule has 1 unspecified atom stereocenters. The highest BCUT2D eigenvalue weighted by atomic mass is 19.1. The summed E-state index contributed by atoms with van der Waals surface area (Å²) in [6, 6.07) is 4.63. The van der Waals surface area contributed by atoms with Crippen LogP contribution in [-0.2, 0) is 0 Å². The van der Waals surface area contributed by atoms with Gasteiger partial charge in [0.2, 0.25) is 0 Å². The summed E-state index contributed by atoms with van der Waals surface area (Å²) in [4.78, 5) is 22.1. The highest BCUT2D eigenvalue weighted by Gasteiger charge is 2.24. The average molecular weight is 344 g/mol. The standard InChI is InChI=1S/C16H14F2N6O/c17-10-3-4-23(9-10)15-2-1-14-20-8-13(24(14)22-15)16(25)21-12-5-11(18)6-19-7-12/h1-2,5-8,10H,3-4,9H2,(H,21,25). The van der Waals surface area contributed by atoms with Crippen LogP contribution in [0.5, 0.6) is 0 Å². The van der Waals surface area contributed by atoms with Crippen LogP contribution in [0.2, 0.25) is 0 Å². The largest absolute Gasteiger partial charge is 0.352 e. The molecule has 0 bridgehead atoms. The van der Waals surface area contributed by atoms with Crippen molar-refractivity contribution in [1.29, 1.82) is 0 Å². The molecule has 0 saturated carbocycles. The molecule has 25 heavy (non-hydrogen) atoms. The number of imidazole rings is 1. The number of anilines is 2. The number of rotatable bonds is 3. The van der Waals surface area contributed by atoms with Crippen LogP contribution in [0.25, 0.3) is 5.65 Å². The first kappa shape index (κ1) is 15.4. The Morgan fingerprint density at radius 1 is 1.28 bits per heavy atom. The highest BCUT2D eigenvalue weighted by molar-refractivity contribution is 6.03. The van der Waals surface area contributed by atoms with Gasteiger partial charge in [-0.25, -0.2) is 18.3 Å². The minimum Gasteiger partial charge on any atom is -0.352 e. The lowest BCUT2D eigenvalue weighted by Crippen LogP contribution is -2.23. The molecule has 3 aromatic rings. The minimum absolute atomic E-state index is 0.192. The topological polar surface area (TPSA) is 75.4 Å². The number of alkyl halides is 1. The average Bonchev–Trinajstić information content (AvgIpc) is 3.20. The third-order valence-electron chi connectivity index (χ3n) is 4.00. The summed E-state index contributed by atoms with van der Waals surface area (Å²) in [5.41, 5.74) is 0.912. The van der Waals surface area contributed by atoms with E-state index in [4.69, 9.17) is 0 Å². The predicted octanol–water partition coefficient (Wildman–Crippen LogP) is 2.06. The molecular formula is C16H14F2N6O. The maximum atomic E-state index is 13.4. The van der Waals surface area contributed by atoms with Crippen LogP contribution in [0.15, 0.2) is 36.8 Å². The van der Waals surface area contributed by atoms with Crippen molar-refractivity contribution in [2.24, 2.45) is 0 Å². The van der Waals surface area contributed by atoms with E-state index < -0.39 is 17.9 Å². The molecule has 4 heterocycles. The summed E-state index contributed by atoms with van der Waals surface area (Å²) >= 11 is 0. The first-order valence-electron chi connectivity index (χ1n) is 7.76. The van der Waals surface area contributed by atoms with E-state index >= 15 is 0 Å². The number of aromatic nitrogens is 4. The fourth-order valence-corrected chi connectivity index (χ4v) is 2.79. The number of halogens is 2. The van der Waals surface area contributed by atoms with E-state index in [9.17, 15) is 13.6 Å². The van der Waals surface area contributed by atoms with E-state index in [1.165, 1.54) is 23.0 Å². The molecule has 3 aromatic heterocycles. The fraction of sp³-hybridized carbons (Fsp3) is 0.250. The molecule has 1 N–H and O–H groups in total. The molecule has 1 fully saturated rings. The van der Waals surface area contributed by atoms with E-state index in [1.807, 2.05) is 4.90 Å². The van der Waals surface area contributed by atoms with Gasteiger partial charge < -0.3 is 10.2 Å². The molecule has 7 nitrogen and oxygen atoms in total. The molecule has 0 aromatic carbocycles. The lowest BCUT2D eigenvalue weighted by Gasteiger charge is -2.16. The third-order valence-corrected chi connectivity index (χ3v) is 4.00. The van der Waals surface area contributed by atoms with Gasteiger partial charge in [-0.05, 0) is 18.6 Å². The quantitative estimate of drug-likeness (QED) is 0.787. The zero-order chi connectivity index (χ0) is 17.4. The Morgan fingerprint density at radius 2 is 2.16 bits per heavy atom. The molecule has 1 saturated heterocycles. The predicted molar refractivity (Wildman–Crippen MR) is 86.9 cm³/mol. The number of hydrogen-bond acceptors (Lipinski definition) is 5. The van der Waals surface area contributed by atoms with Gasteiger partial charge in [0.15, 0.2) is 11.3 Å². The van der Waals surface area contributed by atoms with Crippen LogP contribution < -0.4 is 10.2 Å². The maximum absolute atomic E-state index is 13.4. The summed E-state index contributed by atoms with van der Waals surface area (Å²) in [5, 5.41) is 6.95. The summed E-state index contributed by atoms with van der Waals surface area (Å²) < 4.78 is 28.0. The molecule has 1 aliphatic heterocycles. The molecular weight excluding hydrogens is 330 g/mol. The molecule has 4 rings (SSSR count). The van der Waals surface area contributed by atoms with Crippen LogP contribution in [0.1, 0.15) is 16.9 Å². The first-order valence-corrected chi connectivity index (χ1v) is 7.76. The minimum atomic E-state index is -0.872. The fourth-order valence-electron chi connectivity index (χ4n) is 2.79. The second-order valence-corrected chi connectivity index (χ2v) is 5.78. The van der Waals surface area contributed by atoms with E-state index in [-0.39, 0.29) is 17.9 Å². The zero-order valence-corrected chi connectivity index (χ0v) is 13.1. The SMILES string of the molecule is O=C(Nc1cncc(F)c1)c1cnc2ccc(N3CCC(F)C3)nn12. The van der Waals surface area contributed by atoms with E-state index in [0.717, 1.165) is 6.20 Å². The second kappa shape index (κ2) is 6.08. The van der Waals surface area contributed by atoms with Gasteiger partial charge in [0.25, 0.3) is 5.91 Å². The number of carbonyl (C=O) groups excluding carboxylic acids is 1. The molecule has 0 aliphatic carbocycles. The number of hydrogen-bond donors (Lipinski definition) is 1. The van der Waals surface area contributed by atoms with Crippen molar-refractivity contribution in [2.75, 3.05) is 23.3 Å². The van der Waals surface area contributed by atoms with Gasteiger partial charge in [-0.1, -0.05) is 0 Å². The van der Waals surface area contributed by atoms with E-state index in [1.54, 1.807) is 12.1 Å². The Hall–Kier alpha value is -3.10. The number of nitrogens with one attached hydrogen (secondary N) is 1.